The van der Waals surface area contributed by atoms with Gasteiger partial charge in [0.15, 0.2) is 0 Å². The largest absolute Gasteiger partial charge is 0.502 e. The zero-order valence-electron chi connectivity index (χ0n) is 9.44. The molecule has 0 aliphatic rings. The van der Waals surface area contributed by atoms with Gasteiger partial charge in [0, 0.05) is 0 Å². The summed E-state index contributed by atoms with van der Waals surface area (Å²) in [7, 11) is 0.967. The highest BCUT2D eigenvalue weighted by Crippen LogP contribution is 2.14. The molecule has 13 heavy (non-hydrogen) atoms. The van der Waals surface area contributed by atoms with E-state index in [4.69, 9.17) is 4.74 Å². The summed E-state index contributed by atoms with van der Waals surface area (Å²) in [6, 6.07) is 0. The molecule has 0 saturated heterocycles. The van der Waals surface area contributed by atoms with Crippen molar-refractivity contribution in [2.45, 2.75) is 58.5 Å². The molecule has 0 amide bonds. The standard InChI is InChI=1S/C11H24OSi/c1-4-6-8-11(9-7-5-2)12-10(3)13/h11H,3-9H2,1-2,13H3. The van der Waals surface area contributed by atoms with Crippen molar-refractivity contribution in [3.63, 3.8) is 0 Å². The van der Waals surface area contributed by atoms with Crippen molar-refractivity contribution in [1.82, 2.24) is 0 Å². The van der Waals surface area contributed by atoms with Gasteiger partial charge in [-0.15, -0.1) is 0 Å². The minimum atomic E-state index is 0.449. The van der Waals surface area contributed by atoms with Crippen molar-refractivity contribution < 1.29 is 4.74 Å². The Labute approximate surface area is 86.0 Å². The third-order valence-corrected chi connectivity index (χ3v) is 2.36. The van der Waals surface area contributed by atoms with Crippen LogP contribution in [-0.4, -0.2) is 16.3 Å². The van der Waals surface area contributed by atoms with Crippen LogP contribution in [0.4, 0.5) is 0 Å². The van der Waals surface area contributed by atoms with Crippen molar-refractivity contribution in [3.8, 4) is 0 Å². The molecule has 2 heteroatoms. The topological polar surface area (TPSA) is 9.23 Å². The average Bonchev–Trinajstić information content (AvgIpc) is 2.09. The molecule has 0 aliphatic heterocycles. The van der Waals surface area contributed by atoms with Gasteiger partial charge in [0.1, 0.15) is 0 Å². The maximum atomic E-state index is 5.72. The molecule has 0 aromatic carbocycles. The molecule has 0 radical (unpaired) electrons. The highest BCUT2D eigenvalue weighted by Gasteiger charge is 2.07. The summed E-state index contributed by atoms with van der Waals surface area (Å²) in [4.78, 5) is 0. The Balaban J connectivity index is 3.66. The SMILES string of the molecule is C=C([SiH3])OC(CCCC)CCCC. The van der Waals surface area contributed by atoms with Crippen molar-refractivity contribution in [1.29, 1.82) is 0 Å². The maximum absolute atomic E-state index is 5.72. The number of hydrogen-bond acceptors (Lipinski definition) is 1. The van der Waals surface area contributed by atoms with E-state index in [1.54, 1.807) is 0 Å². The zero-order valence-corrected chi connectivity index (χ0v) is 11.4. The van der Waals surface area contributed by atoms with Crippen LogP contribution < -0.4 is 0 Å². The lowest BCUT2D eigenvalue weighted by Crippen LogP contribution is -2.12. The summed E-state index contributed by atoms with van der Waals surface area (Å²) < 4.78 is 5.72. The predicted molar refractivity (Wildman–Crippen MR) is 63.0 cm³/mol. The first kappa shape index (κ1) is 12.8. The molecule has 0 N–H and O–H groups in total. The van der Waals surface area contributed by atoms with Crippen LogP contribution in [0.5, 0.6) is 0 Å². The van der Waals surface area contributed by atoms with E-state index in [1.165, 1.54) is 38.5 Å². The Bertz CT molecular complexity index is 126. The molecule has 0 spiro atoms. The van der Waals surface area contributed by atoms with Crippen molar-refractivity contribution in [2.75, 3.05) is 0 Å². The molecule has 0 aromatic rings. The fraction of sp³-hybridized carbons (Fsp3) is 0.818. The Hall–Kier alpha value is -0.243. The molecule has 1 nitrogen and oxygen atoms in total. The molecular formula is C11H24OSi. The lowest BCUT2D eigenvalue weighted by molar-refractivity contribution is 0.113. The van der Waals surface area contributed by atoms with Gasteiger partial charge < -0.3 is 4.74 Å². The maximum Gasteiger partial charge on any atom is 0.0975 e. The van der Waals surface area contributed by atoms with E-state index in [9.17, 15) is 0 Å². The molecule has 0 bridgehead atoms. The molecule has 0 unspecified atom stereocenters. The average molecular weight is 200 g/mol. The molecule has 78 valence electrons. The first-order chi connectivity index (χ1) is 6.20. The molecule has 0 aliphatic carbocycles. The second-order valence-electron chi connectivity index (χ2n) is 3.73. The van der Waals surface area contributed by atoms with Crippen LogP contribution in [0.3, 0.4) is 0 Å². The van der Waals surface area contributed by atoms with Crippen LogP contribution >= 0.6 is 0 Å². The summed E-state index contributed by atoms with van der Waals surface area (Å²) in [6.45, 7) is 8.31. The molecule has 0 rings (SSSR count). The predicted octanol–water partition coefficient (Wildman–Crippen LogP) is 2.59. The van der Waals surface area contributed by atoms with Crippen LogP contribution in [-0.2, 0) is 4.74 Å². The Kier molecular flexibility index (Phi) is 8.20. The van der Waals surface area contributed by atoms with E-state index in [0.717, 1.165) is 15.6 Å². The van der Waals surface area contributed by atoms with Crippen molar-refractivity contribution in [3.05, 3.63) is 12.0 Å². The van der Waals surface area contributed by atoms with E-state index in [1.807, 2.05) is 0 Å². The Morgan fingerprint density at radius 3 is 2.00 bits per heavy atom. The van der Waals surface area contributed by atoms with Crippen LogP contribution in [0.2, 0.25) is 0 Å². The van der Waals surface area contributed by atoms with Crippen LogP contribution in [0.15, 0.2) is 12.0 Å². The smallest absolute Gasteiger partial charge is 0.0975 e. The van der Waals surface area contributed by atoms with E-state index in [0.29, 0.717) is 6.10 Å². The van der Waals surface area contributed by atoms with Crippen LogP contribution in [0.25, 0.3) is 0 Å². The summed E-state index contributed by atoms with van der Waals surface area (Å²) in [5.74, 6) is 0. The van der Waals surface area contributed by atoms with E-state index in [2.05, 4.69) is 20.4 Å². The molecule has 0 aromatic heterocycles. The summed E-state index contributed by atoms with van der Waals surface area (Å²) >= 11 is 0. The normalized spacial score (nSPS) is 10.7. The number of ether oxygens (including phenoxy) is 1. The number of rotatable bonds is 8. The number of hydrogen-bond donors (Lipinski definition) is 0. The van der Waals surface area contributed by atoms with E-state index in [-0.39, 0.29) is 0 Å². The summed E-state index contributed by atoms with van der Waals surface area (Å²) in [5, 5.41) is 0.997. The molecule has 0 fully saturated rings. The van der Waals surface area contributed by atoms with Gasteiger partial charge >= 0.3 is 0 Å². The van der Waals surface area contributed by atoms with Gasteiger partial charge in [0.2, 0.25) is 0 Å². The molecule has 0 saturated carbocycles. The Morgan fingerprint density at radius 1 is 1.23 bits per heavy atom. The van der Waals surface area contributed by atoms with Gasteiger partial charge in [-0.1, -0.05) is 46.1 Å². The highest BCUT2D eigenvalue weighted by molar-refractivity contribution is 6.19. The molecule has 0 heterocycles. The monoisotopic (exact) mass is 200 g/mol. The van der Waals surface area contributed by atoms with Gasteiger partial charge in [-0.25, -0.2) is 0 Å². The molecule has 0 atom stereocenters. The van der Waals surface area contributed by atoms with Gasteiger partial charge in [0.05, 0.1) is 21.7 Å². The lowest BCUT2D eigenvalue weighted by Gasteiger charge is -2.18. The number of unbranched alkanes of at least 4 members (excludes halogenated alkanes) is 2. The van der Waals surface area contributed by atoms with Crippen LogP contribution in [0, 0.1) is 0 Å². The van der Waals surface area contributed by atoms with Crippen LogP contribution in [0.1, 0.15) is 52.4 Å². The quantitative estimate of drug-likeness (QED) is 0.432. The van der Waals surface area contributed by atoms with Gasteiger partial charge in [0.25, 0.3) is 0 Å². The van der Waals surface area contributed by atoms with Gasteiger partial charge in [-0.05, 0) is 12.8 Å². The summed E-state index contributed by atoms with van der Waals surface area (Å²) in [5.41, 5.74) is 0. The minimum Gasteiger partial charge on any atom is -0.502 e. The molecular weight excluding hydrogens is 176 g/mol. The lowest BCUT2D eigenvalue weighted by atomic mass is 10.1. The van der Waals surface area contributed by atoms with Crippen molar-refractivity contribution >= 4 is 10.2 Å². The van der Waals surface area contributed by atoms with E-state index < -0.39 is 0 Å². The zero-order chi connectivity index (χ0) is 10.1. The minimum absolute atomic E-state index is 0.449. The fourth-order valence-electron chi connectivity index (χ4n) is 1.41. The third kappa shape index (κ3) is 8.10. The van der Waals surface area contributed by atoms with Gasteiger partial charge in [-0.2, -0.15) is 0 Å². The first-order valence-electron chi connectivity index (χ1n) is 5.52. The highest BCUT2D eigenvalue weighted by atomic mass is 28.1. The third-order valence-electron chi connectivity index (χ3n) is 2.13. The van der Waals surface area contributed by atoms with Crippen molar-refractivity contribution in [2.24, 2.45) is 0 Å². The van der Waals surface area contributed by atoms with E-state index >= 15 is 0 Å². The summed E-state index contributed by atoms with van der Waals surface area (Å²) in [6.07, 6.45) is 7.95. The Morgan fingerprint density at radius 2 is 1.69 bits per heavy atom. The first-order valence-corrected chi connectivity index (χ1v) is 6.52. The fourth-order valence-corrected chi connectivity index (χ4v) is 1.74. The second kappa shape index (κ2) is 8.36. The van der Waals surface area contributed by atoms with Gasteiger partial charge in [-0.3, -0.25) is 0 Å². The second-order valence-corrected chi connectivity index (χ2v) is 4.84.